The minimum absolute atomic E-state index is 0.0940. The maximum absolute atomic E-state index is 12.5. The molecule has 0 radical (unpaired) electrons. The fraction of sp³-hybridized carbons (Fsp3) is 0.733. The Morgan fingerprint density at radius 2 is 2.16 bits per heavy atom. The first-order valence-corrected chi connectivity index (χ1v) is 7.08. The lowest BCUT2D eigenvalue weighted by Gasteiger charge is -2.33. The average molecular weight is 263 g/mol. The van der Waals surface area contributed by atoms with Gasteiger partial charge in [-0.2, -0.15) is 0 Å². The van der Waals surface area contributed by atoms with Crippen LogP contribution in [0.4, 0.5) is 0 Å². The van der Waals surface area contributed by atoms with E-state index in [-0.39, 0.29) is 11.8 Å². The maximum atomic E-state index is 12.5. The highest BCUT2D eigenvalue weighted by molar-refractivity contribution is 6.03. The zero-order valence-electron chi connectivity index (χ0n) is 12.1. The summed E-state index contributed by atoms with van der Waals surface area (Å²) in [5.41, 5.74) is 1.03. The Labute approximate surface area is 113 Å². The van der Waals surface area contributed by atoms with Crippen LogP contribution in [0.5, 0.6) is 0 Å². The number of Topliss-reactive ketones (excluding diaryl/α,β-unsaturated/α-hetero) is 1. The minimum Gasteiger partial charge on any atom is -0.465 e. The fourth-order valence-corrected chi connectivity index (χ4v) is 4.90. The molecule has 2 aliphatic heterocycles. The molecule has 0 bridgehead atoms. The normalized spacial score (nSPS) is 42.9. The molecule has 0 N–H and O–H groups in total. The highest BCUT2D eigenvalue weighted by atomic mass is 16.5. The third-order valence-corrected chi connectivity index (χ3v) is 5.35. The lowest BCUT2D eigenvalue weighted by atomic mass is 9.68. The zero-order valence-corrected chi connectivity index (χ0v) is 12.1. The highest BCUT2D eigenvalue weighted by Gasteiger charge is 2.85. The Morgan fingerprint density at radius 3 is 2.74 bits per heavy atom. The second-order valence-electron chi connectivity index (χ2n) is 6.11. The Bertz CT molecular complexity index is 510. The van der Waals surface area contributed by atoms with Crippen molar-refractivity contribution in [3.8, 4) is 0 Å². The van der Waals surface area contributed by atoms with Crippen LogP contribution in [0.15, 0.2) is 11.1 Å². The van der Waals surface area contributed by atoms with Crippen molar-refractivity contribution in [1.29, 1.82) is 0 Å². The van der Waals surface area contributed by atoms with Crippen LogP contribution in [0, 0.1) is 5.92 Å². The van der Waals surface area contributed by atoms with E-state index < -0.39 is 11.1 Å². The molecule has 0 spiro atoms. The van der Waals surface area contributed by atoms with Crippen LogP contribution in [0.3, 0.4) is 0 Å². The fourth-order valence-electron chi connectivity index (χ4n) is 4.90. The van der Waals surface area contributed by atoms with Gasteiger partial charge in [-0.05, 0) is 46.5 Å². The van der Waals surface area contributed by atoms with Gasteiger partial charge in [0.25, 0.3) is 0 Å². The van der Waals surface area contributed by atoms with E-state index in [9.17, 15) is 9.59 Å². The molecule has 2 fully saturated rings. The van der Waals surface area contributed by atoms with Gasteiger partial charge in [-0.3, -0.25) is 9.69 Å². The van der Waals surface area contributed by atoms with E-state index >= 15 is 0 Å². The number of allylic oxidation sites excluding steroid dienone is 1. The number of ether oxygens (including phenoxy) is 1. The number of carbonyl (C=O) groups excluding carboxylic acids is 2. The van der Waals surface area contributed by atoms with E-state index in [2.05, 4.69) is 4.90 Å². The number of hydrogen-bond acceptors (Lipinski definition) is 4. The van der Waals surface area contributed by atoms with Gasteiger partial charge in [0, 0.05) is 12.1 Å². The summed E-state index contributed by atoms with van der Waals surface area (Å²) in [7, 11) is 0. The van der Waals surface area contributed by atoms with E-state index in [1.165, 1.54) is 0 Å². The van der Waals surface area contributed by atoms with Gasteiger partial charge in [-0.15, -0.1) is 0 Å². The second kappa shape index (κ2) is 3.69. The summed E-state index contributed by atoms with van der Waals surface area (Å²) in [6.07, 6.45) is 1.87. The van der Waals surface area contributed by atoms with Crippen LogP contribution in [0.25, 0.3) is 0 Å². The van der Waals surface area contributed by atoms with E-state index in [4.69, 9.17) is 4.74 Å². The van der Waals surface area contributed by atoms with Gasteiger partial charge in [0.2, 0.25) is 0 Å². The Balaban J connectivity index is 2.11. The van der Waals surface area contributed by atoms with E-state index in [0.29, 0.717) is 12.5 Å². The third kappa shape index (κ3) is 1.19. The number of fused-ring (bicyclic) bond motifs is 1. The molecular weight excluding hydrogens is 242 g/mol. The van der Waals surface area contributed by atoms with Crippen molar-refractivity contribution in [2.45, 2.75) is 51.6 Å². The molecule has 4 atom stereocenters. The van der Waals surface area contributed by atoms with Gasteiger partial charge in [0.15, 0.2) is 5.78 Å². The molecule has 2 saturated heterocycles. The van der Waals surface area contributed by atoms with Crippen LogP contribution in [-0.4, -0.2) is 40.9 Å². The first-order chi connectivity index (χ1) is 8.92. The molecule has 104 valence electrons. The summed E-state index contributed by atoms with van der Waals surface area (Å²) in [6.45, 7) is 8.81. The van der Waals surface area contributed by atoms with Gasteiger partial charge in [-0.25, -0.2) is 4.79 Å². The standard InChI is InChI=1S/C15H21NO3/c1-5-19-13(18)15-11-6-7-16(15)14(15,4)12(10(3)17)9(2)8-11/h11H,5-8H2,1-4H3/t11-,14+,15+,16?/m1/s1. The number of hydrogen-bond donors (Lipinski definition) is 0. The van der Waals surface area contributed by atoms with Crippen LogP contribution in [0.1, 0.15) is 40.5 Å². The molecule has 0 aromatic carbocycles. The molecule has 1 unspecified atom stereocenters. The van der Waals surface area contributed by atoms with Gasteiger partial charge in [0.05, 0.1) is 12.1 Å². The van der Waals surface area contributed by atoms with E-state index in [1.54, 1.807) is 6.92 Å². The van der Waals surface area contributed by atoms with Crippen molar-refractivity contribution >= 4 is 11.8 Å². The lowest BCUT2D eigenvalue weighted by Crippen LogP contribution is -2.45. The monoisotopic (exact) mass is 263 g/mol. The number of ketones is 1. The number of piperidine rings is 1. The summed E-state index contributed by atoms with van der Waals surface area (Å²) in [4.78, 5) is 26.7. The molecular formula is C15H21NO3. The van der Waals surface area contributed by atoms with Crippen molar-refractivity contribution in [3.05, 3.63) is 11.1 Å². The van der Waals surface area contributed by atoms with Crippen molar-refractivity contribution in [1.82, 2.24) is 4.90 Å². The molecule has 0 aromatic rings. The van der Waals surface area contributed by atoms with Gasteiger partial charge >= 0.3 is 5.97 Å². The minimum atomic E-state index is -0.552. The van der Waals surface area contributed by atoms with Crippen molar-refractivity contribution in [2.24, 2.45) is 5.92 Å². The summed E-state index contributed by atoms with van der Waals surface area (Å²) >= 11 is 0. The molecule has 4 heteroatoms. The third-order valence-electron chi connectivity index (χ3n) is 5.35. The van der Waals surface area contributed by atoms with Crippen LogP contribution in [-0.2, 0) is 14.3 Å². The Morgan fingerprint density at radius 1 is 1.47 bits per heavy atom. The topological polar surface area (TPSA) is 46.4 Å². The number of esters is 1. The quantitative estimate of drug-likeness (QED) is 0.574. The summed E-state index contributed by atoms with van der Waals surface area (Å²) in [5.74, 6) is 0.266. The van der Waals surface area contributed by atoms with Gasteiger partial charge in [0.1, 0.15) is 5.54 Å². The van der Waals surface area contributed by atoms with Gasteiger partial charge in [-0.1, -0.05) is 5.57 Å². The number of nitrogens with zero attached hydrogens (tertiary/aromatic N) is 1. The molecule has 3 rings (SSSR count). The lowest BCUT2D eigenvalue weighted by molar-refractivity contribution is -0.148. The highest BCUT2D eigenvalue weighted by Crippen LogP contribution is 2.69. The largest absolute Gasteiger partial charge is 0.465 e. The molecule has 3 aliphatic rings. The van der Waals surface area contributed by atoms with Crippen LogP contribution in [0.2, 0.25) is 0 Å². The van der Waals surface area contributed by atoms with Crippen molar-refractivity contribution in [3.63, 3.8) is 0 Å². The predicted molar refractivity (Wildman–Crippen MR) is 70.6 cm³/mol. The molecule has 0 aromatic heterocycles. The van der Waals surface area contributed by atoms with Crippen molar-refractivity contribution in [2.75, 3.05) is 13.2 Å². The molecule has 1 aliphatic carbocycles. The SMILES string of the molecule is CCOC(=O)[C@]12[C@@H]3CCN1[C@@]2(C)C(C(C)=O)=C(C)C3. The molecule has 4 nitrogen and oxygen atoms in total. The number of carbonyl (C=O) groups is 2. The van der Waals surface area contributed by atoms with Crippen LogP contribution < -0.4 is 0 Å². The molecule has 2 heterocycles. The molecule has 19 heavy (non-hydrogen) atoms. The Hall–Kier alpha value is -1.16. The summed E-state index contributed by atoms with van der Waals surface area (Å²) in [5, 5.41) is 0. The van der Waals surface area contributed by atoms with Crippen molar-refractivity contribution < 1.29 is 14.3 Å². The van der Waals surface area contributed by atoms with E-state index in [1.807, 2.05) is 20.8 Å². The first-order valence-electron chi connectivity index (χ1n) is 7.08. The van der Waals surface area contributed by atoms with E-state index in [0.717, 1.165) is 30.5 Å². The predicted octanol–water partition coefficient (Wildman–Crippen LogP) is 1.69. The summed E-state index contributed by atoms with van der Waals surface area (Å²) in [6, 6.07) is 0. The van der Waals surface area contributed by atoms with Gasteiger partial charge < -0.3 is 4.74 Å². The Kier molecular flexibility index (Phi) is 2.50. The molecule has 0 amide bonds. The second-order valence-corrected chi connectivity index (χ2v) is 6.11. The smallest absolute Gasteiger partial charge is 0.329 e. The first kappa shape index (κ1) is 12.9. The number of rotatable bonds is 3. The zero-order chi connectivity index (χ0) is 14.0. The maximum Gasteiger partial charge on any atom is 0.329 e. The average Bonchev–Trinajstić information content (AvgIpc) is 2.64. The molecule has 0 saturated carbocycles. The van der Waals surface area contributed by atoms with Crippen LogP contribution >= 0.6 is 0 Å². The summed E-state index contributed by atoms with van der Waals surface area (Å²) < 4.78 is 5.32.